The van der Waals surface area contributed by atoms with Crippen LogP contribution in [0.4, 0.5) is 5.82 Å². The van der Waals surface area contributed by atoms with Crippen LogP contribution >= 0.6 is 0 Å². The quantitative estimate of drug-likeness (QED) is 0.829. The summed E-state index contributed by atoms with van der Waals surface area (Å²) in [6, 6.07) is 14.8. The predicted octanol–water partition coefficient (Wildman–Crippen LogP) is 2.89. The van der Waals surface area contributed by atoms with Gasteiger partial charge in [0, 0.05) is 12.2 Å². The summed E-state index contributed by atoms with van der Waals surface area (Å²) in [7, 11) is 0. The zero-order valence-corrected chi connectivity index (χ0v) is 12.3. The Kier molecular flexibility index (Phi) is 5.50. The molecule has 0 bridgehead atoms. The maximum atomic E-state index is 11.8. The Balaban J connectivity index is 1.77. The van der Waals surface area contributed by atoms with Crippen LogP contribution in [0.5, 0.6) is 0 Å². The Morgan fingerprint density at radius 2 is 2.09 bits per heavy atom. The number of esters is 1. The van der Waals surface area contributed by atoms with Gasteiger partial charge in [0.05, 0.1) is 12.0 Å². The minimum absolute atomic E-state index is 0.108. The van der Waals surface area contributed by atoms with Crippen LogP contribution in [0.1, 0.15) is 24.5 Å². The average molecular weight is 295 g/mol. The first-order chi connectivity index (χ1) is 10.7. The van der Waals surface area contributed by atoms with Gasteiger partial charge in [0.25, 0.3) is 0 Å². The van der Waals surface area contributed by atoms with Crippen LogP contribution in [-0.4, -0.2) is 17.0 Å². The summed E-state index contributed by atoms with van der Waals surface area (Å²) in [4.78, 5) is 15.9. The molecule has 0 radical (unpaired) electrons. The normalized spacial score (nSPS) is 11.3. The number of nitrogens with one attached hydrogen (secondary N) is 1. The first kappa shape index (κ1) is 15.5. The van der Waals surface area contributed by atoms with Gasteiger partial charge in [0.1, 0.15) is 18.5 Å². The van der Waals surface area contributed by atoms with E-state index in [9.17, 15) is 4.79 Å². The highest BCUT2D eigenvalue weighted by molar-refractivity contribution is 5.70. The first-order valence-corrected chi connectivity index (χ1v) is 6.99. The molecule has 112 valence electrons. The summed E-state index contributed by atoms with van der Waals surface area (Å²) in [5, 5.41) is 11.8. The van der Waals surface area contributed by atoms with E-state index in [0.717, 1.165) is 5.56 Å². The molecule has 1 atom stereocenters. The molecular weight excluding hydrogens is 278 g/mol. The van der Waals surface area contributed by atoms with Gasteiger partial charge in [-0.15, -0.1) is 0 Å². The summed E-state index contributed by atoms with van der Waals surface area (Å²) in [6.45, 7) is 2.16. The molecule has 5 nitrogen and oxygen atoms in total. The smallest absolute Gasteiger partial charge is 0.308 e. The molecular formula is C17H17N3O2. The lowest BCUT2D eigenvalue weighted by Crippen LogP contribution is -2.21. The minimum Gasteiger partial charge on any atom is -0.461 e. The number of carbonyl (C=O) groups excluding carboxylic acids is 1. The van der Waals surface area contributed by atoms with E-state index in [1.807, 2.05) is 43.3 Å². The fourth-order valence-corrected chi connectivity index (χ4v) is 1.90. The molecule has 22 heavy (non-hydrogen) atoms. The number of rotatable bonds is 6. The number of nitriles is 1. The van der Waals surface area contributed by atoms with E-state index in [-0.39, 0.29) is 25.0 Å². The zero-order chi connectivity index (χ0) is 15.8. The highest BCUT2D eigenvalue weighted by atomic mass is 16.5. The maximum absolute atomic E-state index is 11.8. The summed E-state index contributed by atoms with van der Waals surface area (Å²) in [6.07, 6.45) is 1.73. The molecule has 1 aromatic carbocycles. The molecule has 1 unspecified atom stereocenters. The lowest BCUT2D eigenvalue weighted by Gasteiger charge is -2.14. The van der Waals surface area contributed by atoms with Crippen molar-refractivity contribution in [3.63, 3.8) is 0 Å². The highest BCUT2D eigenvalue weighted by Gasteiger charge is 2.11. The molecule has 0 aliphatic carbocycles. The minimum atomic E-state index is -0.266. The molecule has 1 N–H and O–H groups in total. The maximum Gasteiger partial charge on any atom is 0.308 e. The van der Waals surface area contributed by atoms with Gasteiger partial charge < -0.3 is 10.1 Å². The Morgan fingerprint density at radius 1 is 1.32 bits per heavy atom. The van der Waals surface area contributed by atoms with Crippen LogP contribution in [0.2, 0.25) is 0 Å². The first-order valence-electron chi connectivity index (χ1n) is 6.99. The third-order valence-electron chi connectivity index (χ3n) is 3.00. The Morgan fingerprint density at radius 3 is 2.73 bits per heavy atom. The average Bonchev–Trinajstić information content (AvgIpc) is 2.54. The van der Waals surface area contributed by atoms with Crippen molar-refractivity contribution in [2.75, 3.05) is 5.32 Å². The summed E-state index contributed by atoms with van der Waals surface area (Å²) < 4.78 is 5.23. The van der Waals surface area contributed by atoms with Crippen molar-refractivity contribution in [1.82, 2.24) is 4.98 Å². The largest absolute Gasteiger partial charge is 0.461 e. The lowest BCUT2D eigenvalue weighted by molar-refractivity contribution is -0.145. The molecule has 0 aliphatic rings. The van der Waals surface area contributed by atoms with E-state index < -0.39 is 0 Å². The monoisotopic (exact) mass is 295 g/mol. The van der Waals surface area contributed by atoms with E-state index in [1.165, 1.54) is 6.20 Å². The van der Waals surface area contributed by atoms with Crippen molar-refractivity contribution < 1.29 is 9.53 Å². The molecule has 1 aromatic heterocycles. The summed E-state index contributed by atoms with van der Waals surface area (Å²) in [5.41, 5.74) is 1.46. The molecule has 2 rings (SSSR count). The lowest BCUT2D eigenvalue weighted by atomic mass is 10.2. The standard InChI is InChI=1S/C17H17N3O2/c1-13(20-16-8-7-15(10-18)11-19-16)9-17(21)22-12-14-5-3-2-4-6-14/h2-8,11,13H,9,12H2,1H3,(H,19,20). The van der Waals surface area contributed by atoms with Gasteiger partial charge in [0.15, 0.2) is 0 Å². The van der Waals surface area contributed by atoms with E-state index in [2.05, 4.69) is 10.3 Å². The number of benzene rings is 1. The molecule has 0 spiro atoms. The van der Waals surface area contributed by atoms with E-state index in [4.69, 9.17) is 10.00 Å². The fourth-order valence-electron chi connectivity index (χ4n) is 1.90. The van der Waals surface area contributed by atoms with Crippen molar-refractivity contribution in [1.29, 1.82) is 5.26 Å². The molecule has 5 heteroatoms. The second-order valence-corrected chi connectivity index (χ2v) is 4.94. The van der Waals surface area contributed by atoms with Gasteiger partial charge in [0.2, 0.25) is 0 Å². The third-order valence-corrected chi connectivity index (χ3v) is 3.00. The number of carbonyl (C=O) groups is 1. The van der Waals surface area contributed by atoms with Crippen molar-refractivity contribution in [3.8, 4) is 6.07 Å². The highest BCUT2D eigenvalue weighted by Crippen LogP contribution is 2.09. The Bertz CT molecular complexity index is 648. The number of nitrogens with zero attached hydrogens (tertiary/aromatic N) is 2. The molecule has 1 heterocycles. The van der Waals surface area contributed by atoms with Crippen LogP contribution in [0.15, 0.2) is 48.7 Å². The van der Waals surface area contributed by atoms with Crippen molar-refractivity contribution in [2.45, 2.75) is 26.0 Å². The fraction of sp³-hybridized carbons (Fsp3) is 0.235. The van der Waals surface area contributed by atoms with Crippen LogP contribution in [0.25, 0.3) is 0 Å². The number of ether oxygens (including phenoxy) is 1. The molecule has 0 amide bonds. The van der Waals surface area contributed by atoms with Gasteiger partial charge in [-0.05, 0) is 24.6 Å². The van der Waals surface area contributed by atoms with E-state index in [0.29, 0.717) is 11.4 Å². The summed E-state index contributed by atoms with van der Waals surface area (Å²) in [5.74, 6) is 0.361. The van der Waals surface area contributed by atoms with Crippen molar-refractivity contribution in [3.05, 3.63) is 59.8 Å². The third kappa shape index (κ3) is 4.91. The summed E-state index contributed by atoms with van der Waals surface area (Å²) >= 11 is 0. The van der Waals surface area contributed by atoms with Gasteiger partial charge in [-0.2, -0.15) is 5.26 Å². The number of hydrogen-bond acceptors (Lipinski definition) is 5. The molecule has 2 aromatic rings. The van der Waals surface area contributed by atoms with Crippen molar-refractivity contribution >= 4 is 11.8 Å². The second-order valence-electron chi connectivity index (χ2n) is 4.94. The van der Waals surface area contributed by atoms with Gasteiger partial charge in [-0.1, -0.05) is 30.3 Å². The van der Waals surface area contributed by atoms with Crippen molar-refractivity contribution in [2.24, 2.45) is 0 Å². The SMILES string of the molecule is CC(CC(=O)OCc1ccccc1)Nc1ccc(C#N)cn1. The van der Waals surface area contributed by atoms with E-state index in [1.54, 1.807) is 12.1 Å². The number of anilines is 1. The number of pyridine rings is 1. The van der Waals surface area contributed by atoms with Crippen LogP contribution in [0, 0.1) is 11.3 Å². The number of hydrogen-bond donors (Lipinski definition) is 1. The zero-order valence-electron chi connectivity index (χ0n) is 12.3. The molecule has 0 saturated heterocycles. The van der Waals surface area contributed by atoms with Crippen LogP contribution < -0.4 is 5.32 Å². The van der Waals surface area contributed by atoms with Crippen LogP contribution in [0.3, 0.4) is 0 Å². The van der Waals surface area contributed by atoms with Gasteiger partial charge >= 0.3 is 5.97 Å². The Labute approximate surface area is 129 Å². The molecule has 0 fully saturated rings. The van der Waals surface area contributed by atoms with Gasteiger partial charge in [-0.25, -0.2) is 4.98 Å². The van der Waals surface area contributed by atoms with Gasteiger partial charge in [-0.3, -0.25) is 4.79 Å². The molecule has 0 saturated carbocycles. The topological polar surface area (TPSA) is 75.0 Å². The van der Waals surface area contributed by atoms with Crippen LogP contribution in [-0.2, 0) is 16.1 Å². The van der Waals surface area contributed by atoms with E-state index >= 15 is 0 Å². The molecule has 0 aliphatic heterocycles. The second kappa shape index (κ2) is 7.79. The number of aromatic nitrogens is 1. The predicted molar refractivity (Wildman–Crippen MR) is 82.9 cm³/mol. The Hall–Kier alpha value is -2.87.